The molecule has 0 bridgehead atoms. The number of nitrogens with two attached hydrogens (primary N) is 1. The van der Waals surface area contributed by atoms with Gasteiger partial charge in [-0.25, -0.2) is 15.0 Å². The zero-order chi connectivity index (χ0) is 31.5. The molecule has 1 fully saturated rings. The fourth-order valence-electron chi connectivity index (χ4n) is 5.64. The maximum absolute atomic E-state index is 12.3. The molecule has 45 heavy (non-hydrogen) atoms. The third kappa shape index (κ3) is 6.57. The van der Waals surface area contributed by atoms with Crippen LogP contribution in [0.15, 0.2) is 85.2 Å². The number of aryl methyl sites for hydroxylation is 1. The number of nitrogens with one attached hydrogen (secondary N) is 1. The monoisotopic (exact) mass is 602 g/mol. The number of ether oxygens (including phenoxy) is 1. The number of carbonyl (C=O) groups is 1. The number of carbonyl (C=O) groups excluding carboxylic acids is 1. The summed E-state index contributed by atoms with van der Waals surface area (Å²) in [6.45, 7) is 13.1. The largest absolute Gasteiger partial charge is 0.439 e. The molecule has 1 saturated heterocycles. The highest BCUT2D eigenvalue weighted by Crippen LogP contribution is 2.43. The minimum atomic E-state index is -0.212. The SMILES string of the molecule is C=C(C)C(=O)Nc1ccc(-c2c(-c3ccc(Oc4cccc(C)n4)cc3)c3c(N)ncnc3n2CCN2CCN(C)CC2)cc1. The molecule has 0 atom stereocenters. The minimum absolute atomic E-state index is 0.212. The van der Waals surface area contributed by atoms with Crippen LogP contribution in [0.4, 0.5) is 11.5 Å². The van der Waals surface area contributed by atoms with Gasteiger partial charge in [0.15, 0.2) is 0 Å². The van der Waals surface area contributed by atoms with Crippen LogP contribution in [0.25, 0.3) is 33.4 Å². The van der Waals surface area contributed by atoms with Gasteiger partial charge < -0.3 is 25.3 Å². The Morgan fingerprint density at radius 3 is 2.36 bits per heavy atom. The predicted octanol–water partition coefficient (Wildman–Crippen LogP) is 5.61. The first kappa shape index (κ1) is 30.0. The van der Waals surface area contributed by atoms with Gasteiger partial charge in [0.05, 0.1) is 11.1 Å². The molecule has 1 aliphatic rings. The lowest BCUT2D eigenvalue weighted by molar-refractivity contribution is -0.112. The van der Waals surface area contributed by atoms with Crippen molar-refractivity contribution < 1.29 is 9.53 Å². The van der Waals surface area contributed by atoms with Gasteiger partial charge in [0.25, 0.3) is 5.91 Å². The summed E-state index contributed by atoms with van der Waals surface area (Å²) in [6, 6.07) is 21.5. The van der Waals surface area contributed by atoms with E-state index in [2.05, 4.69) is 43.3 Å². The van der Waals surface area contributed by atoms with Gasteiger partial charge in [-0.15, -0.1) is 0 Å². The van der Waals surface area contributed by atoms with E-state index in [9.17, 15) is 4.79 Å². The first-order chi connectivity index (χ1) is 21.8. The third-order valence-electron chi connectivity index (χ3n) is 8.14. The Balaban J connectivity index is 1.43. The average molecular weight is 603 g/mol. The number of piperazine rings is 1. The van der Waals surface area contributed by atoms with Gasteiger partial charge in [-0.05, 0) is 62.4 Å². The van der Waals surface area contributed by atoms with Crippen molar-refractivity contribution in [3.05, 3.63) is 90.9 Å². The number of aromatic nitrogens is 4. The Labute approximate surface area is 263 Å². The topological polar surface area (TPSA) is 114 Å². The van der Waals surface area contributed by atoms with E-state index in [-0.39, 0.29) is 5.91 Å². The van der Waals surface area contributed by atoms with Crippen molar-refractivity contribution in [3.63, 3.8) is 0 Å². The molecule has 230 valence electrons. The van der Waals surface area contributed by atoms with Crippen molar-refractivity contribution in [2.45, 2.75) is 20.4 Å². The van der Waals surface area contributed by atoms with Gasteiger partial charge in [-0.1, -0.05) is 36.9 Å². The summed E-state index contributed by atoms with van der Waals surface area (Å²) in [5, 5.41) is 3.71. The Kier molecular flexibility index (Phi) is 8.59. The molecule has 4 heterocycles. The molecule has 0 saturated carbocycles. The van der Waals surface area contributed by atoms with Gasteiger partial charge in [0.2, 0.25) is 5.88 Å². The molecule has 1 amide bonds. The Morgan fingerprint density at radius 2 is 1.67 bits per heavy atom. The van der Waals surface area contributed by atoms with Crippen molar-refractivity contribution in [2.24, 2.45) is 0 Å². The maximum Gasteiger partial charge on any atom is 0.250 e. The van der Waals surface area contributed by atoms with E-state index in [4.69, 9.17) is 15.5 Å². The lowest BCUT2D eigenvalue weighted by atomic mass is 9.98. The standard InChI is InChI=1S/C35H38N8O2/c1-23(2)35(44)40-27-12-8-26(9-13-27)32-30(25-10-14-28(15-11-25)45-29-7-5-6-24(3)39-29)31-33(36)37-22-38-34(31)43(32)21-20-42-18-16-41(4)17-19-42/h5-15,22H,1,16-21H2,2-4H3,(H,40,44)(H2,36,37,38). The van der Waals surface area contributed by atoms with E-state index in [1.807, 2.05) is 73.7 Å². The number of fused-ring (bicyclic) bond motifs is 1. The van der Waals surface area contributed by atoms with E-state index < -0.39 is 0 Å². The summed E-state index contributed by atoms with van der Waals surface area (Å²) >= 11 is 0. The van der Waals surface area contributed by atoms with E-state index in [1.54, 1.807) is 6.92 Å². The smallest absolute Gasteiger partial charge is 0.250 e. The molecule has 10 heteroatoms. The minimum Gasteiger partial charge on any atom is -0.439 e. The number of pyridine rings is 1. The molecule has 0 radical (unpaired) electrons. The molecule has 0 spiro atoms. The van der Waals surface area contributed by atoms with E-state index >= 15 is 0 Å². The number of anilines is 2. The zero-order valence-corrected chi connectivity index (χ0v) is 26.0. The van der Waals surface area contributed by atoms with Gasteiger partial charge in [-0.2, -0.15) is 0 Å². The average Bonchev–Trinajstić information content (AvgIpc) is 3.37. The fourth-order valence-corrected chi connectivity index (χ4v) is 5.64. The molecule has 0 unspecified atom stereocenters. The molecular weight excluding hydrogens is 564 g/mol. The Morgan fingerprint density at radius 1 is 0.956 bits per heavy atom. The third-order valence-corrected chi connectivity index (χ3v) is 8.14. The van der Waals surface area contributed by atoms with Crippen molar-refractivity contribution >= 4 is 28.4 Å². The van der Waals surface area contributed by atoms with Crippen molar-refractivity contribution in [2.75, 3.05) is 50.8 Å². The summed E-state index contributed by atoms with van der Waals surface area (Å²) in [6.07, 6.45) is 1.53. The molecule has 0 aliphatic carbocycles. The highest BCUT2D eigenvalue weighted by atomic mass is 16.5. The molecule has 3 N–H and O–H groups in total. The van der Waals surface area contributed by atoms with Crippen LogP contribution in [0.3, 0.4) is 0 Å². The van der Waals surface area contributed by atoms with Crippen LogP contribution in [0.5, 0.6) is 11.6 Å². The number of hydrogen-bond acceptors (Lipinski definition) is 8. The van der Waals surface area contributed by atoms with Gasteiger partial charge in [0.1, 0.15) is 23.5 Å². The van der Waals surface area contributed by atoms with Crippen LogP contribution < -0.4 is 15.8 Å². The molecule has 3 aromatic heterocycles. The number of nitrogen functional groups attached to an aromatic ring is 1. The molecule has 2 aromatic carbocycles. The van der Waals surface area contributed by atoms with Gasteiger partial charge in [-0.3, -0.25) is 9.69 Å². The van der Waals surface area contributed by atoms with E-state index in [0.717, 1.165) is 78.4 Å². The predicted molar refractivity (Wildman–Crippen MR) is 179 cm³/mol. The molecular formula is C35H38N8O2. The number of rotatable bonds is 9. The Bertz CT molecular complexity index is 1840. The first-order valence-electron chi connectivity index (χ1n) is 15.1. The number of nitrogens with zero attached hydrogens (tertiary/aromatic N) is 6. The van der Waals surface area contributed by atoms with Gasteiger partial charge in [0, 0.05) is 67.9 Å². The summed E-state index contributed by atoms with van der Waals surface area (Å²) in [5.74, 6) is 1.43. The highest BCUT2D eigenvalue weighted by molar-refractivity contribution is 6.08. The normalized spacial score (nSPS) is 14.0. The lowest BCUT2D eigenvalue weighted by Gasteiger charge is -2.32. The molecule has 1 aliphatic heterocycles. The maximum atomic E-state index is 12.3. The first-order valence-corrected chi connectivity index (χ1v) is 15.1. The molecule has 10 nitrogen and oxygen atoms in total. The summed E-state index contributed by atoms with van der Waals surface area (Å²) in [7, 11) is 2.16. The number of benzene rings is 2. The second-order valence-electron chi connectivity index (χ2n) is 11.5. The number of amides is 1. The van der Waals surface area contributed by atoms with Crippen LogP contribution in [0.1, 0.15) is 12.6 Å². The molecule has 5 aromatic rings. The highest BCUT2D eigenvalue weighted by Gasteiger charge is 2.24. The van der Waals surface area contributed by atoms with Crippen molar-refractivity contribution in [1.82, 2.24) is 29.3 Å². The lowest BCUT2D eigenvalue weighted by Crippen LogP contribution is -2.45. The second-order valence-corrected chi connectivity index (χ2v) is 11.5. The van der Waals surface area contributed by atoms with E-state index in [0.29, 0.717) is 28.7 Å². The van der Waals surface area contributed by atoms with Crippen LogP contribution in [-0.4, -0.2) is 75.0 Å². The van der Waals surface area contributed by atoms with Gasteiger partial charge >= 0.3 is 0 Å². The fraction of sp³-hybridized carbons (Fsp3) is 0.257. The summed E-state index contributed by atoms with van der Waals surface area (Å²) < 4.78 is 8.29. The summed E-state index contributed by atoms with van der Waals surface area (Å²) in [5.41, 5.74) is 13.3. The van der Waals surface area contributed by atoms with Crippen molar-refractivity contribution in [3.8, 4) is 34.0 Å². The zero-order valence-electron chi connectivity index (χ0n) is 26.0. The summed E-state index contributed by atoms with van der Waals surface area (Å²) in [4.78, 5) is 30.7. The number of likely N-dealkylation sites (N-methyl/N-ethyl adjacent to an activating group) is 1. The number of hydrogen-bond donors (Lipinski definition) is 2. The van der Waals surface area contributed by atoms with Crippen LogP contribution in [0, 0.1) is 6.92 Å². The van der Waals surface area contributed by atoms with Crippen LogP contribution >= 0.6 is 0 Å². The molecule has 6 rings (SSSR count). The van der Waals surface area contributed by atoms with Crippen LogP contribution in [0.2, 0.25) is 0 Å². The second kappa shape index (κ2) is 12.9. The van der Waals surface area contributed by atoms with E-state index in [1.165, 1.54) is 6.33 Å². The van der Waals surface area contributed by atoms with Crippen molar-refractivity contribution in [1.29, 1.82) is 0 Å². The Hall–Kier alpha value is -5.06. The quantitative estimate of drug-likeness (QED) is 0.210. The van der Waals surface area contributed by atoms with Crippen LogP contribution in [-0.2, 0) is 11.3 Å².